The van der Waals surface area contributed by atoms with Crippen LogP contribution >= 0.6 is 51.8 Å². The molecule has 414 valence electrons. The summed E-state index contributed by atoms with van der Waals surface area (Å²) in [5.74, 6) is -0.388. The van der Waals surface area contributed by atoms with Crippen LogP contribution in [0.3, 0.4) is 0 Å². The molecule has 11 rings (SSSR count). The van der Waals surface area contributed by atoms with E-state index in [1.54, 1.807) is 50.2 Å². The van der Waals surface area contributed by atoms with Gasteiger partial charge in [-0.1, -0.05) is 19.9 Å². The van der Waals surface area contributed by atoms with E-state index in [0.29, 0.717) is 91.0 Å². The number of alkyl carbamates (subject to hydrolysis) is 2. The van der Waals surface area contributed by atoms with Crippen LogP contribution < -0.4 is 15.4 Å². The predicted octanol–water partition coefficient (Wildman–Crippen LogP) is 10.2. The summed E-state index contributed by atoms with van der Waals surface area (Å²) in [6.07, 6.45) is 7.23. The van der Waals surface area contributed by atoms with Gasteiger partial charge < -0.3 is 49.3 Å². The van der Waals surface area contributed by atoms with E-state index in [-0.39, 0.29) is 86.5 Å². The molecule has 6 aromatic rings. The molecule has 1 aliphatic carbocycles. The van der Waals surface area contributed by atoms with E-state index in [1.807, 2.05) is 45.9 Å². The van der Waals surface area contributed by atoms with Crippen molar-refractivity contribution >= 4 is 86.7 Å². The Bertz CT molecular complexity index is 3170. The Balaban J connectivity index is 0.00000261. The van der Waals surface area contributed by atoms with E-state index in [0.717, 1.165) is 30.6 Å². The molecule has 4 amide bonds. The number of aromatic nitrogens is 5. The van der Waals surface area contributed by atoms with Gasteiger partial charge in [-0.15, -0.1) is 11.3 Å². The van der Waals surface area contributed by atoms with E-state index < -0.39 is 59.8 Å². The van der Waals surface area contributed by atoms with Gasteiger partial charge >= 0.3 is 12.2 Å². The fraction of sp³-hybridized carbons (Fsp3) is 0.481. The molecule has 0 bridgehead atoms. The first-order valence-corrected chi connectivity index (χ1v) is 26.4. The number of imidazole rings is 2. The summed E-state index contributed by atoms with van der Waals surface area (Å²) in [5, 5.41) is 5.77. The molecule has 0 spiro atoms. The molecule has 3 saturated heterocycles. The van der Waals surface area contributed by atoms with Crippen molar-refractivity contribution in [2.24, 2.45) is 11.8 Å². The van der Waals surface area contributed by atoms with Gasteiger partial charge in [0.15, 0.2) is 5.82 Å². The lowest BCUT2D eigenvalue weighted by molar-refractivity contribution is -0.139. The van der Waals surface area contributed by atoms with Crippen molar-refractivity contribution in [2.45, 2.75) is 121 Å². The number of fused-ring (bicyclic) bond motifs is 5. The number of carbonyl (C=O) groups excluding carboxylic acids is 4. The van der Waals surface area contributed by atoms with Gasteiger partial charge in [-0.3, -0.25) is 14.2 Å². The highest BCUT2D eigenvalue weighted by Gasteiger charge is 2.44. The predicted molar refractivity (Wildman–Crippen MR) is 302 cm³/mol. The normalized spacial score (nSPS) is 21.2. The van der Waals surface area contributed by atoms with E-state index >= 15 is 8.78 Å². The van der Waals surface area contributed by atoms with Crippen LogP contribution in [0.2, 0.25) is 0 Å². The smallest absolute Gasteiger partial charge is 0.407 e. The Kier molecular flexibility index (Phi) is 17.1. The zero-order valence-corrected chi connectivity index (χ0v) is 47.6. The molecule has 1 saturated carbocycles. The van der Waals surface area contributed by atoms with Gasteiger partial charge in [0.2, 0.25) is 18.0 Å². The molecule has 4 aromatic heterocycles. The van der Waals surface area contributed by atoms with Crippen molar-refractivity contribution in [3.8, 4) is 39.5 Å². The summed E-state index contributed by atoms with van der Waals surface area (Å²) in [6.45, 7) is 9.10. The molecular weight excluding hydrogens is 1070 g/mol. The van der Waals surface area contributed by atoms with Crippen molar-refractivity contribution < 1.29 is 46.9 Å². The Morgan fingerprint density at radius 3 is 2.04 bits per heavy atom. The third-order valence-electron chi connectivity index (χ3n) is 15.4. The van der Waals surface area contributed by atoms with Gasteiger partial charge in [-0.05, 0) is 119 Å². The number of amides is 4. The van der Waals surface area contributed by atoms with E-state index in [9.17, 15) is 19.2 Å². The molecule has 5 aliphatic rings. The SMILES string of the molecule is COC(=O)NC(C(=O)N1CCC[C@H]1c1ncc(-c2ccc3c(c2)c(F)c2n3C(c3ccc(C4CC4)s3)Oc3cc(-c4cnc([C@@H]5CCCN5C(=O)[C@@H](NC(=O)OC)C(C)C)[nH]4)cc(F)c3-2)[nH]1)C1CCOC(C)(C)C1.S.S.S. The number of likely N-dealkylation sites (tertiary alicyclic amines) is 2. The Morgan fingerprint density at radius 1 is 0.792 bits per heavy atom. The number of hydrogen-bond donors (Lipinski definition) is 4. The van der Waals surface area contributed by atoms with Gasteiger partial charge in [0.25, 0.3) is 0 Å². The van der Waals surface area contributed by atoms with Crippen molar-refractivity contribution in [2.75, 3.05) is 33.9 Å². The molecule has 4 aliphatic heterocycles. The highest BCUT2D eigenvalue weighted by atomic mass is 32.1. The maximum Gasteiger partial charge on any atom is 0.407 e. The van der Waals surface area contributed by atoms with Crippen molar-refractivity contribution in [3.63, 3.8) is 0 Å². The van der Waals surface area contributed by atoms with E-state index in [2.05, 4.69) is 31.7 Å². The number of aromatic amines is 2. The molecule has 23 heteroatoms. The molecule has 3 unspecified atom stereocenters. The van der Waals surface area contributed by atoms with Crippen LogP contribution in [0, 0.1) is 23.5 Å². The Hall–Kier alpha value is -5.75. The van der Waals surface area contributed by atoms with Crippen molar-refractivity contribution in [1.29, 1.82) is 0 Å². The maximum absolute atomic E-state index is 17.5. The largest absolute Gasteiger partial charge is 0.464 e. The molecule has 77 heavy (non-hydrogen) atoms. The molecule has 17 nitrogen and oxygen atoms in total. The summed E-state index contributed by atoms with van der Waals surface area (Å²) in [6, 6.07) is 10.2. The first-order valence-electron chi connectivity index (χ1n) is 25.6. The van der Waals surface area contributed by atoms with Gasteiger partial charge in [0.05, 0.1) is 77.3 Å². The lowest BCUT2D eigenvalue weighted by Gasteiger charge is -2.40. The minimum absolute atomic E-state index is 0. The standard InChI is InChI=1S/C54H61F2N9O8S.3H2S/c1-27(2)44(61-52(68)70-5)49(66)63-18-7-9-37(63)48-58-26-35(60-48)31-22-33(55)42-39(23-31)73-51(41-16-15-40(74-41)28-11-12-28)65-36-14-13-29(21-32(36)43(56)46(42)65)34-25-57-47(59-34)38-10-8-19-64(38)50(67)45(62-53(69)71-6)30-17-20-72-54(3,4)24-30;;;/h13-16,21-23,25-28,30,37-38,44-45,51H,7-12,17-20,24H2,1-6H3,(H,57,59)(H,58,60)(H,61,68)(H,62,69);3*1H2/t30?,37-,38-,44-,45?,51?;;;/m0.../s1. The second-order valence-corrected chi connectivity index (χ2v) is 22.3. The van der Waals surface area contributed by atoms with Crippen molar-refractivity contribution in [1.82, 2.24) is 44.9 Å². The molecule has 2 aromatic carbocycles. The lowest BCUT2D eigenvalue weighted by Crippen LogP contribution is -2.54. The number of benzene rings is 2. The van der Waals surface area contributed by atoms with Crippen LogP contribution in [0.25, 0.3) is 44.7 Å². The summed E-state index contributed by atoms with van der Waals surface area (Å²) >= 11 is 1.61. The second-order valence-electron chi connectivity index (χ2n) is 21.2. The van der Waals surface area contributed by atoms with Gasteiger partial charge in [0, 0.05) is 41.1 Å². The number of hydrogen-bond acceptors (Lipinski definition) is 11. The van der Waals surface area contributed by atoms with Gasteiger partial charge in [0.1, 0.15) is 35.3 Å². The fourth-order valence-corrected chi connectivity index (χ4v) is 12.7. The van der Waals surface area contributed by atoms with Crippen LogP contribution in [0.5, 0.6) is 5.75 Å². The van der Waals surface area contributed by atoms with Crippen LogP contribution in [0.15, 0.2) is 54.9 Å². The first kappa shape index (κ1) is 57.4. The third kappa shape index (κ3) is 10.9. The first-order chi connectivity index (χ1) is 35.6. The number of halogens is 2. The zero-order chi connectivity index (χ0) is 51.7. The molecule has 8 heterocycles. The number of ether oxygens (including phenoxy) is 4. The Labute approximate surface area is 470 Å². The Morgan fingerprint density at radius 2 is 1.42 bits per heavy atom. The monoisotopic (exact) mass is 1140 g/mol. The van der Waals surface area contributed by atoms with Crippen LogP contribution in [0.1, 0.15) is 125 Å². The van der Waals surface area contributed by atoms with Gasteiger partial charge in [-0.2, -0.15) is 40.5 Å². The number of methoxy groups -OCH3 is 2. The number of rotatable bonds is 12. The zero-order valence-electron chi connectivity index (χ0n) is 43.8. The number of thiophene rings is 1. The third-order valence-corrected chi connectivity index (χ3v) is 16.7. The minimum Gasteiger partial charge on any atom is -0.464 e. The second kappa shape index (κ2) is 22.9. The van der Waals surface area contributed by atoms with Crippen LogP contribution in [-0.4, -0.2) is 110 Å². The average Bonchev–Trinajstić information content (AvgIpc) is 4.13. The highest BCUT2D eigenvalue weighted by Crippen LogP contribution is 2.51. The average molecular weight is 1140 g/mol. The molecule has 0 radical (unpaired) electrons. The quantitative estimate of drug-likeness (QED) is 0.0915. The molecule has 4 N–H and O–H groups in total. The van der Waals surface area contributed by atoms with E-state index in [1.165, 1.54) is 25.2 Å². The van der Waals surface area contributed by atoms with Crippen LogP contribution in [0.4, 0.5) is 18.4 Å². The van der Waals surface area contributed by atoms with E-state index in [4.69, 9.17) is 23.9 Å². The minimum atomic E-state index is -0.820. The topological polar surface area (TPSA) is 198 Å². The number of carbonyl (C=O) groups is 4. The number of H-pyrrole nitrogens is 2. The number of nitrogens with zero attached hydrogens (tertiary/aromatic N) is 5. The lowest BCUT2D eigenvalue weighted by atomic mass is 9.82. The molecule has 6 atom stereocenters. The highest BCUT2D eigenvalue weighted by molar-refractivity contribution is 7.59. The summed E-state index contributed by atoms with van der Waals surface area (Å²) in [7, 11) is 2.53. The maximum atomic E-state index is 17.5. The van der Waals surface area contributed by atoms with Crippen molar-refractivity contribution in [3.05, 3.63) is 87.9 Å². The fourth-order valence-electron chi connectivity index (χ4n) is 11.5. The summed E-state index contributed by atoms with van der Waals surface area (Å²) in [4.78, 5) is 74.8. The molecular formula is C54H67F2N9O8S4. The molecule has 4 fully saturated rings. The van der Waals surface area contributed by atoms with Gasteiger partial charge in [-0.25, -0.2) is 28.3 Å². The summed E-state index contributed by atoms with van der Waals surface area (Å²) in [5.41, 5.74) is 2.28. The van der Waals surface area contributed by atoms with Crippen LogP contribution in [-0.2, 0) is 23.8 Å². The summed E-state index contributed by atoms with van der Waals surface area (Å²) < 4.78 is 58.8. The number of nitrogens with one attached hydrogen (secondary N) is 4.